The predicted octanol–water partition coefficient (Wildman–Crippen LogP) is -1.81. The maximum absolute atomic E-state index is 10.8. The van der Waals surface area contributed by atoms with Crippen LogP contribution in [0.2, 0.25) is 0 Å². The molecule has 0 heterocycles. The van der Waals surface area contributed by atoms with Gasteiger partial charge in [0.05, 0.1) is 12.7 Å². The molecule has 0 fully saturated rings. The molecule has 7 N–H and O–H groups in total. The molecule has 2 amide bonds. The lowest BCUT2D eigenvalue weighted by Gasteiger charge is -2.27. The van der Waals surface area contributed by atoms with Crippen molar-refractivity contribution in [3.8, 4) is 0 Å². The number of primary amides is 1. The Bertz CT molecular complexity index is 322. The third kappa shape index (κ3) is 6.66. The quantitative estimate of drug-likeness (QED) is 0.322. The monoisotopic (exact) mass is 262 g/mol. The van der Waals surface area contributed by atoms with E-state index < -0.39 is 30.2 Å². The molecule has 0 aliphatic rings. The van der Waals surface area contributed by atoms with Crippen LogP contribution >= 0.6 is 0 Å². The minimum Gasteiger partial charge on any atom is -0.480 e. The van der Waals surface area contributed by atoms with E-state index in [1.165, 1.54) is 11.9 Å². The van der Waals surface area contributed by atoms with Crippen molar-refractivity contribution in [2.75, 3.05) is 13.6 Å². The fourth-order valence-corrected chi connectivity index (χ4v) is 1.35. The molecule has 0 aliphatic heterocycles. The molecule has 2 atom stereocenters. The van der Waals surface area contributed by atoms with E-state index in [0.29, 0.717) is 0 Å². The number of carbonyl (C=O) groups excluding carboxylic acids is 1. The van der Waals surface area contributed by atoms with Crippen LogP contribution in [0.5, 0.6) is 0 Å². The summed E-state index contributed by atoms with van der Waals surface area (Å²) in [6.07, 6.45) is -0.409. The fraction of sp³-hybridized carbons (Fsp3) is 0.667. The van der Waals surface area contributed by atoms with E-state index in [2.05, 4.69) is 5.32 Å². The highest BCUT2D eigenvalue weighted by molar-refractivity contribution is 5.73. The van der Waals surface area contributed by atoms with Crippen LogP contribution in [0.4, 0.5) is 4.79 Å². The van der Waals surface area contributed by atoms with Crippen molar-refractivity contribution >= 4 is 18.0 Å². The standard InChI is InChI=1S/C9H18N4O5/c1-13(4-7(14)15)6(12-9(11)18)3-2-5(10)8(16)17/h5-6H,2-4,10H2,1H3,(H,14,15)(H,16,17)(H3,11,12,18)/t5-,6?/m0/s1. The summed E-state index contributed by atoms with van der Waals surface area (Å²) in [6, 6.07) is -1.89. The highest BCUT2D eigenvalue weighted by Gasteiger charge is 2.21. The Labute approximate surface area is 104 Å². The molecule has 1 unspecified atom stereocenters. The van der Waals surface area contributed by atoms with Gasteiger partial charge in [0, 0.05) is 0 Å². The van der Waals surface area contributed by atoms with Gasteiger partial charge in [0.15, 0.2) is 0 Å². The maximum atomic E-state index is 10.8. The number of rotatable bonds is 8. The summed E-state index contributed by atoms with van der Waals surface area (Å²) in [5, 5.41) is 19.6. The lowest BCUT2D eigenvalue weighted by atomic mass is 10.1. The van der Waals surface area contributed by atoms with Crippen LogP contribution in [0.25, 0.3) is 0 Å². The predicted molar refractivity (Wildman–Crippen MR) is 61.6 cm³/mol. The first kappa shape index (κ1) is 16.1. The zero-order valence-corrected chi connectivity index (χ0v) is 10.00. The Balaban J connectivity index is 4.43. The van der Waals surface area contributed by atoms with Crippen molar-refractivity contribution in [1.29, 1.82) is 0 Å². The number of nitrogens with zero attached hydrogens (tertiary/aromatic N) is 1. The van der Waals surface area contributed by atoms with Gasteiger partial charge in [-0.1, -0.05) is 0 Å². The van der Waals surface area contributed by atoms with Crippen molar-refractivity contribution in [2.24, 2.45) is 11.5 Å². The molecule has 9 heteroatoms. The number of likely N-dealkylation sites (N-methyl/N-ethyl adjacent to an activating group) is 1. The number of urea groups is 1. The molecule has 0 aromatic heterocycles. The van der Waals surface area contributed by atoms with Gasteiger partial charge in [0.1, 0.15) is 6.04 Å². The second-order valence-corrected chi connectivity index (χ2v) is 3.86. The first-order valence-electron chi connectivity index (χ1n) is 5.20. The van der Waals surface area contributed by atoms with E-state index in [9.17, 15) is 14.4 Å². The summed E-state index contributed by atoms with van der Waals surface area (Å²) in [4.78, 5) is 33.2. The molecule has 0 radical (unpaired) electrons. The normalized spacial score (nSPS) is 13.9. The molecule has 18 heavy (non-hydrogen) atoms. The lowest BCUT2D eigenvalue weighted by Crippen LogP contribution is -2.50. The molecule has 0 saturated carbocycles. The molecule has 9 nitrogen and oxygen atoms in total. The Morgan fingerprint density at radius 2 is 1.83 bits per heavy atom. The van der Waals surface area contributed by atoms with Crippen LogP contribution in [-0.2, 0) is 9.59 Å². The van der Waals surface area contributed by atoms with Gasteiger partial charge in [-0.05, 0) is 19.9 Å². The van der Waals surface area contributed by atoms with Crippen molar-refractivity contribution in [2.45, 2.75) is 25.0 Å². The summed E-state index contributed by atoms with van der Waals surface area (Å²) in [5.74, 6) is -2.23. The van der Waals surface area contributed by atoms with E-state index in [0.717, 1.165) is 0 Å². The van der Waals surface area contributed by atoms with Crippen LogP contribution in [0.1, 0.15) is 12.8 Å². The molecular weight excluding hydrogens is 244 g/mol. The summed E-state index contributed by atoms with van der Waals surface area (Å²) in [7, 11) is 1.47. The molecule has 0 aliphatic carbocycles. The SMILES string of the molecule is CN(CC(=O)O)C(CC[C@H](N)C(=O)O)NC(N)=O. The summed E-state index contributed by atoms with van der Waals surface area (Å²) in [6.45, 7) is -0.312. The van der Waals surface area contributed by atoms with E-state index in [4.69, 9.17) is 21.7 Å². The van der Waals surface area contributed by atoms with Gasteiger partial charge in [0.25, 0.3) is 0 Å². The molecule has 0 aromatic carbocycles. The average Bonchev–Trinajstić information content (AvgIpc) is 2.21. The van der Waals surface area contributed by atoms with Crippen molar-refractivity contribution in [3.63, 3.8) is 0 Å². The van der Waals surface area contributed by atoms with Gasteiger partial charge in [-0.3, -0.25) is 14.5 Å². The molecule has 0 aromatic rings. The third-order valence-corrected chi connectivity index (χ3v) is 2.29. The van der Waals surface area contributed by atoms with Crippen LogP contribution in [0.3, 0.4) is 0 Å². The maximum Gasteiger partial charge on any atom is 0.320 e. The number of carboxylic acid groups (broad SMARTS) is 2. The molecule has 0 rings (SSSR count). The summed E-state index contributed by atoms with van der Waals surface area (Å²) < 4.78 is 0. The van der Waals surface area contributed by atoms with Gasteiger partial charge in [-0.25, -0.2) is 4.79 Å². The third-order valence-electron chi connectivity index (χ3n) is 2.29. The van der Waals surface area contributed by atoms with Crippen LogP contribution in [0.15, 0.2) is 0 Å². The number of carbonyl (C=O) groups is 3. The zero-order chi connectivity index (χ0) is 14.3. The first-order chi connectivity index (χ1) is 8.23. The average molecular weight is 262 g/mol. The van der Waals surface area contributed by atoms with E-state index in [1.54, 1.807) is 0 Å². The van der Waals surface area contributed by atoms with Gasteiger partial charge < -0.3 is 27.0 Å². The second-order valence-electron chi connectivity index (χ2n) is 3.86. The van der Waals surface area contributed by atoms with E-state index in [-0.39, 0.29) is 19.4 Å². The molecule has 104 valence electrons. The van der Waals surface area contributed by atoms with Gasteiger partial charge in [-0.15, -0.1) is 0 Å². The van der Waals surface area contributed by atoms with Crippen molar-refractivity contribution < 1.29 is 24.6 Å². The van der Waals surface area contributed by atoms with Crippen molar-refractivity contribution in [3.05, 3.63) is 0 Å². The Hall–Kier alpha value is -1.87. The Morgan fingerprint density at radius 3 is 2.22 bits per heavy atom. The Morgan fingerprint density at radius 1 is 1.28 bits per heavy atom. The minimum atomic E-state index is -1.16. The molecular formula is C9H18N4O5. The number of nitrogens with one attached hydrogen (secondary N) is 1. The van der Waals surface area contributed by atoms with Gasteiger partial charge >= 0.3 is 18.0 Å². The lowest BCUT2D eigenvalue weighted by molar-refractivity contribution is -0.140. The number of amides is 2. The topological polar surface area (TPSA) is 159 Å². The van der Waals surface area contributed by atoms with E-state index in [1.807, 2.05) is 0 Å². The zero-order valence-electron chi connectivity index (χ0n) is 10.00. The van der Waals surface area contributed by atoms with E-state index >= 15 is 0 Å². The van der Waals surface area contributed by atoms with Crippen LogP contribution in [-0.4, -0.2) is 58.9 Å². The number of aliphatic carboxylic acids is 2. The van der Waals surface area contributed by atoms with Crippen LogP contribution < -0.4 is 16.8 Å². The smallest absolute Gasteiger partial charge is 0.320 e. The fourth-order valence-electron chi connectivity index (χ4n) is 1.35. The molecule has 0 bridgehead atoms. The number of carboxylic acids is 2. The van der Waals surface area contributed by atoms with Gasteiger partial charge in [-0.2, -0.15) is 0 Å². The number of nitrogens with two attached hydrogens (primary N) is 2. The largest absolute Gasteiger partial charge is 0.480 e. The molecule has 0 saturated heterocycles. The highest BCUT2D eigenvalue weighted by Crippen LogP contribution is 2.04. The van der Waals surface area contributed by atoms with Crippen molar-refractivity contribution in [1.82, 2.24) is 10.2 Å². The highest BCUT2D eigenvalue weighted by atomic mass is 16.4. The number of hydrogen-bond donors (Lipinski definition) is 5. The summed E-state index contributed by atoms with van der Waals surface area (Å²) >= 11 is 0. The first-order valence-corrected chi connectivity index (χ1v) is 5.20. The summed E-state index contributed by atoms with van der Waals surface area (Å²) in [5.41, 5.74) is 10.3. The van der Waals surface area contributed by atoms with Gasteiger partial charge in [0.2, 0.25) is 0 Å². The number of hydrogen-bond acceptors (Lipinski definition) is 5. The Kier molecular flexibility index (Phi) is 6.68. The van der Waals surface area contributed by atoms with Crippen LogP contribution in [0, 0.1) is 0 Å². The minimum absolute atomic E-state index is 0.0875. The second kappa shape index (κ2) is 7.45. The molecule has 0 spiro atoms.